The van der Waals surface area contributed by atoms with Crippen molar-refractivity contribution in [1.29, 1.82) is 0 Å². The summed E-state index contributed by atoms with van der Waals surface area (Å²) >= 11 is 2.44. The Balaban J connectivity index is 1.43. The Hall–Kier alpha value is -2.49. The van der Waals surface area contributed by atoms with Crippen LogP contribution >= 0.6 is 22.6 Å². The van der Waals surface area contributed by atoms with Gasteiger partial charge in [-0.3, -0.25) is 9.58 Å². The second kappa shape index (κ2) is 18.6. The lowest BCUT2D eigenvalue weighted by Crippen LogP contribution is -2.51. The van der Waals surface area contributed by atoms with E-state index in [0.717, 1.165) is 77.3 Å². The molecule has 0 bridgehead atoms. The molecule has 1 saturated heterocycles. The van der Waals surface area contributed by atoms with Crippen LogP contribution in [0.4, 0.5) is 0 Å². The van der Waals surface area contributed by atoms with Crippen LogP contribution in [-0.2, 0) is 31.3 Å². The molecule has 320 valence electrons. The molecule has 1 aliphatic heterocycles. The van der Waals surface area contributed by atoms with Crippen LogP contribution in [0.3, 0.4) is 0 Å². The Bertz CT molecular complexity index is 2060. The lowest BCUT2D eigenvalue weighted by atomic mass is 10.1. The van der Waals surface area contributed by atoms with Crippen molar-refractivity contribution in [2.75, 3.05) is 20.2 Å². The first kappa shape index (κ1) is 46.6. The zero-order valence-corrected chi connectivity index (χ0v) is 42.4. The van der Waals surface area contributed by atoms with E-state index in [2.05, 4.69) is 168 Å². The first-order valence-electron chi connectivity index (χ1n) is 21.6. The lowest BCUT2D eigenvalue weighted by molar-refractivity contribution is -0.0367. The molecule has 0 saturated carbocycles. The SMILES string of the molecule is CCc1nn(CC(O)[Si](C)(C)C(C)(C)C)c(CN(C)C[C@H](C)Oc2c(-c3ccc4c(c3)c(C#C[Si](C(C)C)(C(C)C)C(C)C)nn4C3CCCCO3)cnn2C)c1I. The second-order valence-corrected chi connectivity index (χ2v) is 31.6. The maximum absolute atomic E-state index is 11.5. The predicted molar refractivity (Wildman–Crippen MR) is 253 cm³/mol. The van der Waals surface area contributed by atoms with Gasteiger partial charge < -0.3 is 14.6 Å². The fourth-order valence-corrected chi connectivity index (χ4v) is 16.6. The van der Waals surface area contributed by atoms with Crippen LogP contribution in [0.15, 0.2) is 24.4 Å². The molecule has 10 nitrogen and oxygen atoms in total. The summed E-state index contributed by atoms with van der Waals surface area (Å²) in [5.74, 6) is 4.42. The predicted octanol–water partition coefficient (Wildman–Crippen LogP) is 10.4. The number of ether oxygens (including phenoxy) is 2. The molecule has 3 atom stereocenters. The fraction of sp³-hybridized carbons (Fsp3) is 0.667. The highest BCUT2D eigenvalue weighted by molar-refractivity contribution is 14.1. The van der Waals surface area contributed by atoms with Crippen LogP contribution in [-0.4, -0.2) is 87.5 Å². The quantitative estimate of drug-likeness (QED) is 0.0721. The zero-order valence-electron chi connectivity index (χ0n) is 38.2. The molecule has 1 fully saturated rings. The van der Waals surface area contributed by atoms with Crippen molar-refractivity contribution in [1.82, 2.24) is 34.2 Å². The average molecular weight is 942 g/mol. The number of halogens is 1. The third-order valence-electron chi connectivity index (χ3n) is 13.4. The molecule has 2 unspecified atom stereocenters. The van der Waals surface area contributed by atoms with Gasteiger partial charge in [-0.2, -0.15) is 15.3 Å². The van der Waals surface area contributed by atoms with Gasteiger partial charge >= 0.3 is 0 Å². The van der Waals surface area contributed by atoms with Crippen molar-refractivity contribution in [2.24, 2.45) is 7.05 Å². The van der Waals surface area contributed by atoms with E-state index >= 15 is 0 Å². The second-order valence-electron chi connectivity index (χ2n) is 19.3. The molecule has 4 heterocycles. The van der Waals surface area contributed by atoms with E-state index in [9.17, 15) is 5.11 Å². The molecule has 4 aromatic rings. The highest BCUT2D eigenvalue weighted by atomic mass is 127. The van der Waals surface area contributed by atoms with Crippen molar-refractivity contribution >= 4 is 49.6 Å². The van der Waals surface area contributed by atoms with E-state index < -0.39 is 21.9 Å². The summed E-state index contributed by atoms with van der Waals surface area (Å²) in [5, 5.41) is 27.5. The maximum atomic E-state index is 11.5. The Kier molecular flexibility index (Phi) is 15.0. The largest absolute Gasteiger partial charge is 0.473 e. The van der Waals surface area contributed by atoms with Crippen LogP contribution in [0.1, 0.15) is 119 Å². The minimum absolute atomic E-state index is 0.0750. The Morgan fingerprint density at radius 2 is 1.72 bits per heavy atom. The number of hydrogen-bond acceptors (Lipinski definition) is 7. The van der Waals surface area contributed by atoms with E-state index in [-0.39, 0.29) is 17.4 Å². The normalized spacial score (nSPS) is 16.8. The lowest BCUT2D eigenvalue weighted by Gasteiger charge is -2.40. The number of hydrogen-bond donors (Lipinski definition) is 1. The van der Waals surface area contributed by atoms with Gasteiger partial charge in [0.2, 0.25) is 5.88 Å². The minimum atomic E-state index is -1.99. The van der Waals surface area contributed by atoms with Crippen molar-refractivity contribution < 1.29 is 14.6 Å². The van der Waals surface area contributed by atoms with Crippen molar-refractivity contribution in [3.8, 4) is 28.5 Å². The molecule has 13 heteroatoms. The van der Waals surface area contributed by atoms with Crippen LogP contribution in [0, 0.1) is 15.0 Å². The highest BCUT2D eigenvalue weighted by Gasteiger charge is 2.43. The first-order valence-corrected chi connectivity index (χ1v) is 28.0. The van der Waals surface area contributed by atoms with Gasteiger partial charge in [0.05, 0.1) is 52.6 Å². The number of nitrogens with zero attached hydrogens (tertiary/aromatic N) is 7. The molecular weight excluding hydrogens is 870 g/mol. The standard InChI is InChI=1S/C45H72IN7O3Si2/c1-16-37-43(46)40(52(48-37)29-42(54)57(14,15)45(9,10)11)28-50(12)27-33(8)56-44-36(26-47-51(44)13)34-20-21-39-35(25-34)38(49-53(39)41-19-17-18-23-55-41)22-24-58(30(2)3,31(4)5)32(6)7/h20-21,25-26,30-33,41-42,54H,16-19,23,27-29H2,1-15H3/t33-,41?,42?/m0/s1. The van der Waals surface area contributed by atoms with E-state index in [1.807, 2.05) is 17.9 Å². The molecule has 1 aromatic carbocycles. The monoisotopic (exact) mass is 941 g/mol. The van der Waals surface area contributed by atoms with E-state index in [1.54, 1.807) is 0 Å². The summed E-state index contributed by atoms with van der Waals surface area (Å²) in [7, 11) is 0.0937. The van der Waals surface area contributed by atoms with Gasteiger partial charge in [-0.25, -0.2) is 9.36 Å². The average Bonchev–Trinajstić information content (AvgIpc) is 3.79. The molecule has 0 radical (unpaired) electrons. The van der Waals surface area contributed by atoms with E-state index in [0.29, 0.717) is 36.3 Å². The van der Waals surface area contributed by atoms with Crippen molar-refractivity contribution in [2.45, 2.75) is 168 Å². The molecule has 0 spiro atoms. The molecule has 0 aliphatic carbocycles. The molecule has 0 amide bonds. The van der Waals surface area contributed by atoms with Crippen LogP contribution in [0.5, 0.6) is 5.88 Å². The molecule has 3 aromatic heterocycles. The fourth-order valence-electron chi connectivity index (χ4n) is 8.84. The summed E-state index contributed by atoms with van der Waals surface area (Å²) in [6.07, 6.45) is 5.69. The third kappa shape index (κ3) is 9.52. The zero-order chi connectivity index (χ0) is 42.9. The van der Waals surface area contributed by atoms with Gasteiger partial charge in [0.15, 0.2) is 6.23 Å². The number of aliphatic hydroxyl groups excluding tert-OH is 1. The maximum Gasteiger partial charge on any atom is 0.219 e. The smallest absolute Gasteiger partial charge is 0.219 e. The molecular formula is C45H72IN7O3Si2. The minimum Gasteiger partial charge on any atom is -0.473 e. The number of fused-ring (bicyclic) bond motifs is 1. The molecule has 1 N–H and O–H groups in total. The Labute approximate surface area is 365 Å². The van der Waals surface area contributed by atoms with Crippen LogP contribution in [0.25, 0.3) is 22.0 Å². The van der Waals surface area contributed by atoms with E-state index in [4.69, 9.17) is 19.7 Å². The Morgan fingerprint density at radius 1 is 1.05 bits per heavy atom. The molecule has 58 heavy (non-hydrogen) atoms. The molecule has 5 rings (SSSR count). The number of aliphatic hydroxyl groups is 1. The van der Waals surface area contributed by atoms with Gasteiger partial charge in [-0.05, 0) is 102 Å². The summed E-state index contributed by atoms with van der Waals surface area (Å²) in [6, 6.07) is 6.55. The van der Waals surface area contributed by atoms with Crippen LogP contribution in [0.2, 0.25) is 34.8 Å². The summed E-state index contributed by atoms with van der Waals surface area (Å²) in [4.78, 5) is 2.29. The number of benzene rings is 1. The van der Waals surface area contributed by atoms with Gasteiger partial charge in [0.25, 0.3) is 0 Å². The van der Waals surface area contributed by atoms with E-state index in [1.165, 1.54) is 3.57 Å². The van der Waals surface area contributed by atoms with Crippen molar-refractivity contribution in [3.63, 3.8) is 0 Å². The number of aromatic nitrogens is 6. The molecule has 1 aliphatic rings. The third-order valence-corrected chi connectivity index (χ3v) is 26.7. The number of likely N-dealkylation sites (N-methyl/N-ethyl adjacent to an activating group) is 1. The number of rotatable bonds is 15. The van der Waals surface area contributed by atoms with Gasteiger partial charge in [-0.15, -0.1) is 5.54 Å². The topological polar surface area (TPSA) is 95.4 Å². The Morgan fingerprint density at radius 3 is 2.31 bits per heavy atom. The van der Waals surface area contributed by atoms with Crippen LogP contribution < -0.4 is 4.74 Å². The van der Waals surface area contributed by atoms with Crippen molar-refractivity contribution in [3.05, 3.63) is 45.0 Å². The van der Waals surface area contributed by atoms with Gasteiger partial charge in [-0.1, -0.05) is 94.3 Å². The summed E-state index contributed by atoms with van der Waals surface area (Å²) < 4.78 is 20.2. The number of aryl methyl sites for hydroxylation is 2. The van der Waals surface area contributed by atoms with Gasteiger partial charge in [0, 0.05) is 32.1 Å². The summed E-state index contributed by atoms with van der Waals surface area (Å²) in [5.41, 5.74) is 11.2. The van der Waals surface area contributed by atoms with Gasteiger partial charge in [0.1, 0.15) is 19.9 Å². The highest BCUT2D eigenvalue weighted by Crippen LogP contribution is 2.42. The summed E-state index contributed by atoms with van der Waals surface area (Å²) in [6.45, 7) is 32.4. The first-order chi connectivity index (χ1) is 27.1.